The van der Waals surface area contributed by atoms with Gasteiger partial charge in [0.1, 0.15) is 16.8 Å². The van der Waals surface area contributed by atoms with Gasteiger partial charge in [-0.15, -0.1) is 11.3 Å². The highest BCUT2D eigenvalue weighted by atomic mass is 35.5. The third-order valence-electron chi connectivity index (χ3n) is 2.97. The lowest BCUT2D eigenvalue weighted by atomic mass is 10.1. The number of nitrogens with zero attached hydrogens (tertiary/aromatic N) is 2. The van der Waals surface area contributed by atoms with E-state index in [2.05, 4.69) is 39.7 Å². The maximum Gasteiger partial charge on any atom is 0.137 e. The molecule has 0 bridgehead atoms. The minimum atomic E-state index is 0.286. The van der Waals surface area contributed by atoms with Crippen LogP contribution < -0.4 is 5.32 Å². The first-order chi connectivity index (χ1) is 9.11. The highest BCUT2D eigenvalue weighted by Gasteiger charge is 2.15. The zero-order chi connectivity index (χ0) is 13.8. The molecule has 0 spiro atoms. The first-order valence-corrected chi connectivity index (χ1v) is 7.68. The first kappa shape index (κ1) is 14.3. The van der Waals surface area contributed by atoms with Crippen LogP contribution in [0, 0.1) is 13.8 Å². The lowest BCUT2D eigenvalue weighted by Crippen LogP contribution is -2.12. The Balaban J connectivity index is 2.27. The molecule has 5 heteroatoms. The Hall–Kier alpha value is -1.13. The number of halogens is 1. The zero-order valence-corrected chi connectivity index (χ0v) is 13.0. The van der Waals surface area contributed by atoms with Gasteiger partial charge in [-0.2, -0.15) is 0 Å². The molecule has 0 saturated carbocycles. The topological polar surface area (TPSA) is 37.8 Å². The normalized spacial score (nSPS) is 12.4. The minimum Gasteiger partial charge on any atom is -0.362 e. The Bertz CT molecular complexity index is 540. The van der Waals surface area contributed by atoms with Gasteiger partial charge in [-0.05, 0) is 31.7 Å². The zero-order valence-electron chi connectivity index (χ0n) is 11.4. The van der Waals surface area contributed by atoms with E-state index in [4.69, 9.17) is 11.6 Å². The molecule has 1 atom stereocenters. The molecule has 0 aromatic carbocycles. The van der Waals surface area contributed by atoms with Crippen molar-refractivity contribution in [1.82, 2.24) is 9.97 Å². The van der Waals surface area contributed by atoms with E-state index < -0.39 is 0 Å². The molecule has 1 N–H and O–H groups in total. The van der Waals surface area contributed by atoms with E-state index in [-0.39, 0.29) is 6.04 Å². The average Bonchev–Trinajstić information content (AvgIpc) is 2.88. The molecule has 0 amide bonds. The summed E-state index contributed by atoms with van der Waals surface area (Å²) in [6.07, 6.45) is 2.19. The summed E-state index contributed by atoms with van der Waals surface area (Å²) in [7, 11) is 0. The predicted octanol–water partition coefficient (Wildman–Crippen LogP) is 4.76. The molecular weight excluding hydrogens is 278 g/mol. The van der Waals surface area contributed by atoms with Crippen molar-refractivity contribution < 1.29 is 0 Å². The lowest BCUT2D eigenvalue weighted by Gasteiger charge is -2.19. The Morgan fingerprint density at radius 2 is 2.16 bits per heavy atom. The predicted molar refractivity (Wildman–Crippen MR) is 82.1 cm³/mol. The van der Waals surface area contributed by atoms with Gasteiger partial charge >= 0.3 is 0 Å². The van der Waals surface area contributed by atoms with Crippen LogP contribution in [0.1, 0.15) is 42.1 Å². The molecule has 2 heterocycles. The van der Waals surface area contributed by atoms with Crippen molar-refractivity contribution in [2.45, 2.75) is 39.7 Å². The van der Waals surface area contributed by atoms with Gasteiger partial charge in [-0.3, -0.25) is 0 Å². The Morgan fingerprint density at radius 3 is 2.79 bits per heavy atom. The molecule has 0 aliphatic carbocycles. The van der Waals surface area contributed by atoms with E-state index in [9.17, 15) is 0 Å². The van der Waals surface area contributed by atoms with Gasteiger partial charge in [-0.1, -0.05) is 31.0 Å². The molecule has 0 radical (unpaired) electrons. The maximum atomic E-state index is 6.12. The molecule has 0 aliphatic heterocycles. The molecule has 1 unspecified atom stereocenters. The van der Waals surface area contributed by atoms with Crippen molar-refractivity contribution in [2.24, 2.45) is 0 Å². The summed E-state index contributed by atoms with van der Waals surface area (Å²) in [6.45, 7) is 5.99. The molecule has 2 aromatic rings. The average molecular weight is 296 g/mol. The van der Waals surface area contributed by atoms with E-state index in [0.717, 1.165) is 24.2 Å². The maximum absolute atomic E-state index is 6.12. The number of rotatable bonds is 5. The van der Waals surface area contributed by atoms with Crippen molar-refractivity contribution in [3.63, 3.8) is 0 Å². The molecule has 0 fully saturated rings. The fourth-order valence-corrected chi connectivity index (χ4v) is 2.99. The number of hydrogen-bond donors (Lipinski definition) is 1. The summed E-state index contributed by atoms with van der Waals surface area (Å²) in [5.41, 5.74) is 0.907. The second-order valence-corrected chi connectivity index (χ2v) is 5.87. The van der Waals surface area contributed by atoms with Crippen LogP contribution in [0.5, 0.6) is 0 Å². The summed E-state index contributed by atoms with van der Waals surface area (Å²) in [5.74, 6) is 1.53. The van der Waals surface area contributed by atoms with Crippen LogP contribution in [0.4, 0.5) is 5.82 Å². The Kier molecular flexibility index (Phi) is 4.77. The van der Waals surface area contributed by atoms with Crippen LogP contribution in [0.15, 0.2) is 17.5 Å². The summed E-state index contributed by atoms with van der Waals surface area (Å²) in [6, 6.07) is 4.52. The fraction of sp³-hybridized carbons (Fsp3) is 0.429. The SMILES string of the molecule is CCCC(Nc1nc(C)nc(Cl)c1C)c1cccs1. The number of hydrogen-bond acceptors (Lipinski definition) is 4. The smallest absolute Gasteiger partial charge is 0.137 e. The summed E-state index contributed by atoms with van der Waals surface area (Å²) < 4.78 is 0. The third kappa shape index (κ3) is 3.45. The van der Waals surface area contributed by atoms with E-state index >= 15 is 0 Å². The number of nitrogens with one attached hydrogen (secondary N) is 1. The molecule has 2 aromatic heterocycles. The van der Waals surface area contributed by atoms with E-state index in [0.29, 0.717) is 11.0 Å². The van der Waals surface area contributed by atoms with Crippen LogP contribution in [-0.2, 0) is 0 Å². The van der Waals surface area contributed by atoms with Gasteiger partial charge in [0.25, 0.3) is 0 Å². The molecule has 0 aliphatic rings. The molecular formula is C14H18ClN3S. The second kappa shape index (κ2) is 6.35. The lowest BCUT2D eigenvalue weighted by molar-refractivity contribution is 0.683. The van der Waals surface area contributed by atoms with Crippen LogP contribution in [0.25, 0.3) is 0 Å². The Morgan fingerprint density at radius 1 is 1.37 bits per heavy atom. The molecule has 3 nitrogen and oxygen atoms in total. The Labute approximate surface area is 123 Å². The van der Waals surface area contributed by atoms with Crippen molar-refractivity contribution in [3.8, 4) is 0 Å². The fourth-order valence-electron chi connectivity index (χ4n) is 1.96. The van der Waals surface area contributed by atoms with Gasteiger partial charge in [0.2, 0.25) is 0 Å². The largest absolute Gasteiger partial charge is 0.362 e. The van der Waals surface area contributed by atoms with Gasteiger partial charge in [-0.25, -0.2) is 9.97 Å². The van der Waals surface area contributed by atoms with Gasteiger partial charge in [0, 0.05) is 10.4 Å². The molecule has 2 rings (SSSR count). The summed E-state index contributed by atoms with van der Waals surface area (Å²) in [5, 5.41) is 6.13. The van der Waals surface area contributed by atoms with E-state index in [1.54, 1.807) is 11.3 Å². The summed E-state index contributed by atoms with van der Waals surface area (Å²) in [4.78, 5) is 9.96. The van der Waals surface area contributed by atoms with Crippen molar-refractivity contribution in [1.29, 1.82) is 0 Å². The van der Waals surface area contributed by atoms with Crippen LogP contribution in [0.2, 0.25) is 5.15 Å². The second-order valence-electron chi connectivity index (χ2n) is 4.54. The number of thiophene rings is 1. The first-order valence-electron chi connectivity index (χ1n) is 6.42. The molecule has 19 heavy (non-hydrogen) atoms. The molecule has 102 valence electrons. The van der Waals surface area contributed by atoms with Crippen LogP contribution in [-0.4, -0.2) is 9.97 Å². The van der Waals surface area contributed by atoms with E-state index in [1.807, 2.05) is 13.8 Å². The van der Waals surface area contributed by atoms with Crippen molar-refractivity contribution in [3.05, 3.63) is 38.9 Å². The monoisotopic (exact) mass is 295 g/mol. The van der Waals surface area contributed by atoms with Crippen molar-refractivity contribution >= 4 is 28.8 Å². The van der Waals surface area contributed by atoms with Crippen LogP contribution >= 0.6 is 22.9 Å². The molecule has 0 saturated heterocycles. The number of anilines is 1. The van der Waals surface area contributed by atoms with Crippen molar-refractivity contribution in [2.75, 3.05) is 5.32 Å². The minimum absolute atomic E-state index is 0.286. The third-order valence-corrected chi connectivity index (χ3v) is 4.33. The van der Waals surface area contributed by atoms with Gasteiger partial charge in [0.05, 0.1) is 6.04 Å². The number of aryl methyl sites for hydroxylation is 1. The van der Waals surface area contributed by atoms with Gasteiger partial charge < -0.3 is 5.32 Å². The van der Waals surface area contributed by atoms with Gasteiger partial charge in [0.15, 0.2) is 0 Å². The van der Waals surface area contributed by atoms with E-state index in [1.165, 1.54) is 4.88 Å². The number of aromatic nitrogens is 2. The highest BCUT2D eigenvalue weighted by Crippen LogP contribution is 2.29. The standard InChI is InChI=1S/C14H18ClN3S/c1-4-6-11(12-7-5-8-19-12)18-14-9(2)13(15)16-10(3)17-14/h5,7-8,11H,4,6H2,1-3H3,(H,16,17,18). The van der Waals surface area contributed by atoms with Crippen LogP contribution in [0.3, 0.4) is 0 Å². The quantitative estimate of drug-likeness (QED) is 0.808. The highest BCUT2D eigenvalue weighted by molar-refractivity contribution is 7.10. The summed E-state index contributed by atoms with van der Waals surface area (Å²) >= 11 is 7.88.